The number of hydrogen-bond donors (Lipinski definition) is 2. The molecule has 118 valence electrons. The number of pyridine rings is 1. The third-order valence-corrected chi connectivity index (χ3v) is 3.25. The van der Waals surface area contributed by atoms with Gasteiger partial charge in [-0.2, -0.15) is 9.78 Å². The van der Waals surface area contributed by atoms with E-state index in [4.69, 9.17) is 5.73 Å². The molecule has 0 unspecified atom stereocenters. The second-order valence-corrected chi connectivity index (χ2v) is 5.98. The lowest BCUT2D eigenvalue weighted by Gasteiger charge is -2.37. The van der Waals surface area contributed by atoms with Crippen molar-refractivity contribution < 1.29 is 9.90 Å². The van der Waals surface area contributed by atoms with Crippen molar-refractivity contribution in [2.24, 2.45) is 0 Å². The van der Waals surface area contributed by atoms with Crippen LogP contribution in [0.1, 0.15) is 39.6 Å². The van der Waals surface area contributed by atoms with Crippen LogP contribution in [0.2, 0.25) is 0 Å². The quantitative estimate of drug-likeness (QED) is 0.898. The van der Waals surface area contributed by atoms with Crippen LogP contribution in [-0.4, -0.2) is 41.4 Å². The van der Waals surface area contributed by atoms with E-state index in [9.17, 15) is 9.90 Å². The Morgan fingerprint density at radius 1 is 1.36 bits per heavy atom. The van der Waals surface area contributed by atoms with Crippen LogP contribution in [0.4, 0.5) is 10.5 Å². The molecule has 22 heavy (non-hydrogen) atoms. The lowest BCUT2D eigenvalue weighted by atomic mass is 10.0. The highest BCUT2D eigenvalue weighted by molar-refractivity contribution is 5.66. The van der Waals surface area contributed by atoms with E-state index in [1.54, 1.807) is 19.1 Å². The smallest absolute Gasteiger partial charge is 0.408 e. The van der Waals surface area contributed by atoms with Crippen LogP contribution < -0.4 is 5.73 Å². The summed E-state index contributed by atoms with van der Waals surface area (Å²) in [5.74, 6) is 1.03. The van der Waals surface area contributed by atoms with Crippen molar-refractivity contribution in [1.29, 1.82) is 0 Å². The normalized spacial score (nSPS) is 12.9. The lowest BCUT2D eigenvalue weighted by Crippen LogP contribution is -2.47. The van der Waals surface area contributed by atoms with E-state index in [1.165, 1.54) is 22.1 Å². The molecule has 0 saturated carbocycles. The van der Waals surface area contributed by atoms with Gasteiger partial charge in [-0.25, -0.2) is 14.8 Å². The third kappa shape index (κ3) is 3.00. The van der Waals surface area contributed by atoms with E-state index in [2.05, 4.69) is 15.1 Å². The first-order chi connectivity index (χ1) is 10.2. The van der Waals surface area contributed by atoms with Crippen LogP contribution in [0.5, 0.6) is 0 Å². The molecule has 8 heteroatoms. The van der Waals surface area contributed by atoms with Crippen LogP contribution in [0, 0.1) is 0 Å². The van der Waals surface area contributed by atoms with Crippen molar-refractivity contribution in [3.63, 3.8) is 0 Å². The second kappa shape index (κ2) is 5.63. The molecular weight excluding hydrogens is 284 g/mol. The number of carbonyl (C=O) groups is 1. The average Bonchev–Trinajstić information content (AvgIpc) is 2.86. The Labute approximate surface area is 128 Å². The van der Waals surface area contributed by atoms with Crippen LogP contribution in [-0.2, 0) is 0 Å². The molecule has 2 heterocycles. The zero-order valence-corrected chi connectivity index (χ0v) is 13.1. The minimum absolute atomic E-state index is 0.487. The van der Waals surface area contributed by atoms with Crippen molar-refractivity contribution in [2.45, 2.75) is 39.3 Å². The Bertz CT molecular complexity index is 659. The Balaban J connectivity index is 2.43. The SMILES string of the molecule is C[C@@H](c1ncnn1-c1ccc(N)cn1)N(C(=O)O)C(C)(C)C. The fraction of sp³-hybridized carbons (Fsp3) is 0.429. The van der Waals surface area contributed by atoms with Gasteiger partial charge in [-0.1, -0.05) is 0 Å². The van der Waals surface area contributed by atoms with Crippen LogP contribution in [0.25, 0.3) is 5.82 Å². The first kappa shape index (κ1) is 15.7. The van der Waals surface area contributed by atoms with Crippen molar-refractivity contribution in [3.05, 3.63) is 30.5 Å². The molecule has 0 spiro atoms. The summed E-state index contributed by atoms with van der Waals surface area (Å²) in [5, 5.41) is 13.7. The number of nitrogens with zero attached hydrogens (tertiary/aromatic N) is 5. The maximum absolute atomic E-state index is 11.6. The fourth-order valence-corrected chi connectivity index (χ4v) is 2.38. The molecule has 0 aliphatic rings. The van der Waals surface area contributed by atoms with Gasteiger partial charge in [0, 0.05) is 5.54 Å². The number of aromatic nitrogens is 4. The summed E-state index contributed by atoms with van der Waals surface area (Å²) in [4.78, 5) is 21.4. The van der Waals surface area contributed by atoms with Crippen molar-refractivity contribution in [1.82, 2.24) is 24.6 Å². The molecule has 0 aliphatic carbocycles. The Hall–Kier alpha value is -2.64. The van der Waals surface area contributed by atoms with Crippen LogP contribution in [0.15, 0.2) is 24.7 Å². The summed E-state index contributed by atoms with van der Waals surface area (Å²) in [6.45, 7) is 7.27. The van der Waals surface area contributed by atoms with Crippen molar-refractivity contribution in [3.8, 4) is 5.82 Å². The van der Waals surface area contributed by atoms with E-state index < -0.39 is 17.7 Å². The van der Waals surface area contributed by atoms with Crippen molar-refractivity contribution in [2.75, 3.05) is 5.73 Å². The highest BCUT2D eigenvalue weighted by Crippen LogP contribution is 2.27. The largest absolute Gasteiger partial charge is 0.465 e. The molecule has 0 fully saturated rings. The van der Waals surface area contributed by atoms with E-state index in [0.29, 0.717) is 17.3 Å². The maximum atomic E-state index is 11.6. The minimum atomic E-state index is -1.01. The molecular formula is C14H20N6O2. The predicted molar refractivity (Wildman–Crippen MR) is 81.6 cm³/mol. The van der Waals surface area contributed by atoms with E-state index in [-0.39, 0.29) is 0 Å². The summed E-state index contributed by atoms with van der Waals surface area (Å²) < 4.78 is 1.52. The first-order valence-electron chi connectivity index (χ1n) is 6.86. The van der Waals surface area contributed by atoms with Gasteiger partial charge in [0.25, 0.3) is 0 Å². The molecule has 0 aromatic carbocycles. The first-order valence-corrected chi connectivity index (χ1v) is 6.86. The zero-order valence-electron chi connectivity index (χ0n) is 13.1. The maximum Gasteiger partial charge on any atom is 0.408 e. The number of anilines is 1. The molecule has 0 aliphatic heterocycles. The van der Waals surface area contributed by atoms with Gasteiger partial charge in [0.05, 0.1) is 17.9 Å². The highest BCUT2D eigenvalue weighted by atomic mass is 16.4. The monoisotopic (exact) mass is 304 g/mol. The summed E-state index contributed by atoms with van der Waals surface area (Å²) >= 11 is 0. The van der Waals surface area contributed by atoms with Gasteiger partial charge in [0.2, 0.25) is 0 Å². The van der Waals surface area contributed by atoms with Gasteiger partial charge in [-0.3, -0.25) is 4.90 Å². The van der Waals surface area contributed by atoms with Crippen molar-refractivity contribution >= 4 is 11.8 Å². The summed E-state index contributed by atoms with van der Waals surface area (Å²) in [6.07, 6.45) is 1.89. The number of hydrogen-bond acceptors (Lipinski definition) is 5. The highest BCUT2D eigenvalue weighted by Gasteiger charge is 2.34. The molecule has 3 N–H and O–H groups in total. The average molecular weight is 304 g/mol. The Morgan fingerprint density at radius 2 is 2.05 bits per heavy atom. The number of nitrogens with two attached hydrogens (primary N) is 1. The summed E-state index contributed by atoms with van der Waals surface area (Å²) in [5.41, 5.74) is 5.60. The molecule has 0 radical (unpaired) electrons. The van der Waals surface area contributed by atoms with Gasteiger partial charge in [0.1, 0.15) is 6.33 Å². The lowest BCUT2D eigenvalue weighted by molar-refractivity contribution is 0.0720. The molecule has 0 bridgehead atoms. The molecule has 0 saturated heterocycles. The molecule has 8 nitrogen and oxygen atoms in total. The number of amides is 1. The van der Waals surface area contributed by atoms with Gasteiger partial charge < -0.3 is 10.8 Å². The van der Waals surface area contributed by atoms with E-state index >= 15 is 0 Å². The molecule has 2 aromatic heterocycles. The molecule has 2 rings (SSSR count). The number of carboxylic acid groups (broad SMARTS) is 1. The molecule has 2 aromatic rings. The summed E-state index contributed by atoms with van der Waals surface area (Å²) in [6, 6.07) is 2.93. The topological polar surface area (TPSA) is 110 Å². The predicted octanol–water partition coefficient (Wildman–Crippen LogP) is 2.08. The van der Waals surface area contributed by atoms with Crippen LogP contribution >= 0.6 is 0 Å². The van der Waals surface area contributed by atoms with Gasteiger partial charge in [-0.15, -0.1) is 0 Å². The minimum Gasteiger partial charge on any atom is -0.465 e. The second-order valence-electron chi connectivity index (χ2n) is 5.98. The Kier molecular flexibility index (Phi) is 4.03. The van der Waals surface area contributed by atoms with Crippen LogP contribution in [0.3, 0.4) is 0 Å². The Morgan fingerprint density at radius 3 is 2.55 bits per heavy atom. The van der Waals surface area contributed by atoms with Gasteiger partial charge in [0.15, 0.2) is 11.6 Å². The van der Waals surface area contributed by atoms with Gasteiger partial charge >= 0.3 is 6.09 Å². The standard InChI is InChI=1S/C14H20N6O2/c1-9(19(13(21)22)14(2,3)4)12-17-8-18-20(12)11-6-5-10(15)7-16-11/h5-9H,15H2,1-4H3,(H,21,22)/t9-/m0/s1. The third-order valence-electron chi connectivity index (χ3n) is 3.25. The molecule has 1 atom stereocenters. The number of rotatable bonds is 3. The van der Waals surface area contributed by atoms with Gasteiger partial charge in [-0.05, 0) is 39.8 Å². The van der Waals surface area contributed by atoms with E-state index in [1.807, 2.05) is 20.8 Å². The van der Waals surface area contributed by atoms with E-state index in [0.717, 1.165) is 0 Å². The number of nitrogen functional groups attached to an aromatic ring is 1. The fourth-order valence-electron chi connectivity index (χ4n) is 2.38. The summed E-state index contributed by atoms with van der Waals surface area (Å²) in [7, 11) is 0. The zero-order chi connectivity index (χ0) is 16.5. The molecule has 1 amide bonds.